The van der Waals surface area contributed by atoms with Crippen molar-refractivity contribution in [2.75, 3.05) is 6.54 Å². The highest BCUT2D eigenvalue weighted by atomic mass is 32.1. The van der Waals surface area contributed by atoms with Gasteiger partial charge in [-0.05, 0) is 24.3 Å². The molecule has 1 saturated carbocycles. The minimum Gasteiger partial charge on any atom is -0.352 e. The lowest BCUT2D eigenvalue weighted by Crippen LogP contribution is -2.37. The number of aromatic nitrogens is 2. The molecule has 0 saturated heterocycles. The molecule has 2 heterocycles. The van der Waals surface area contributed by atoms with Gasteiger partial charge in [0.1, 0.15) is 11.9 Å². The van der Waals surface area contributed by atoms with E-state index in [0.717, 1.165) is 18.7 Å². The number of rotatable bonds is 6. The number of aryl methyl sites for hydroxylation is 1. The zero-order chi connectivity index (χ0) is 13.9. The Morgan fingerprint density at radius 1 is 1.60 bits per heavy atom. The molecule has 6 heteroatoms. The van der Waals surface area contributed by atoms with Crippen LogP contribution < -0.4 is 10.6 Å². The van der Waals surface area contributed by atoms with Crippen molar-refractivity contribution in [3.05, 3.63) is 40.6 Å². The molecule has 1 atom stereocenters. The van der Waals surface area contributed by atoms with E-state index in [1.807, 2.05) is 29.3 Å². The van der Waals surface area contributed by atoms with E-state index in [9.17, 15) is 4.79 Å². The number of thiophene rings is 1. The van der Waals surface area contributed by atoms with Gasteiger partial charge >= 0.3 is 0 Å². The largest absolute Gasteiger partial charge is 0.352 e. The van der Waals surface area contributed by atoms with Gasteiger partial charge in [-0.1, -0.05) is 6.07 Å². The fourth-order valence-electron chi connectivity index (χ4n) is 2.13. The first-order valence-corrected chi connectivity index (χ1v) is 7.65. The molecule has 2 aromatic rings. The van der Waals surface area contributed by atoms with E-state index in [4.69, 9.17) is 0 Å². The SMILES string of the molecule is Cn1ccnc1C(NCC(=O)NC1CC1)c1cccs1. The van der Waals surface area contributed by atoms with Gasteiger partial charge in [-0.25, -0.2) is 4.98 Å². The molecule has 1 fully saturated rings. The summed E-state index contributed by atoms with van der Waals surface area (Å²) in [5.41, 5.74) is 0. The fourth-order valence-corrected chi connectivity index (χ4v) is 2.93. The molecular weight excluding hydrogens is 272 g/mol. The second-order valence-corrected chi connectivity index (χ2v) is 6.05. The summed E-state index contributed by atoms with van der Waals surface area (Å²) in [4.78, 5) is 17.4. The lowest BCUT2D eigenvalue weighted by molar-refractivity contribution is -0.120. The summed E-state index contributed by atoms with van der Waals surface area (Å²) in [6.07, 6.45) is 5.92. The first-order valence-electron chi connectivity index (χ1n) is 6.77. The number of carbonyl (C=O) groups excluding carboxylic acids is 1. The van der Waals surface area contributed by atoms with Crippen LogP contribution in [0.25, 0.3) is 0 Å². The number of hydrogen-bond acceptors (Lipinski definition) is 4. The first-order chi connectivity index (χ1) is 9.74. The Morgan fingerprint density at radius 3 is 3.05 bits per heavy atom. The molecule has 5 nitrogen and oxygen atoms in total. The van der Waals surface area contributed by atoms with Crippen LogP contribution in [0, 0.1) is 0 Å². The molecule has 2 N–H and O–H groups in total. The Bertz CT molecular complexity index is 574. The van der Waals surface area contributed by atoms with Crippen molar-refractivity contribution in [1.82, 2.24) is 20.2 Å². The Hall–Kier alpha value is -1.66. The maximum Gasteiger partial charge on any atom is 0.234 e. The zero-order valence-corrected chi connectivity index (χ0v) is 12.2. The predicted octanol–water partition coefficient (Wildman–Crippen LogP) is 1.44. The summed E-state index contributed by atoms with van der Waals surface area (Å²) in [6.45, 7) is 0.311. The highest BCUT2D eigenvalue weighted by molar-refractivity contribution is 7.10. The number of hydrogen-bond donors (Lipinski definition) is 2. The molecule has 0 aromatic carbocycles. The molecule has 0 radical (unpaired) electrons. The van der Waals surface area contributed by atoms with Crippen molar-refractivity contribution < 1.29 is 4.79 Å². The lowest BCUT2D eigenvalue weighted by atomic mass is 10.2. The Labute approximate surface area is 122 Å². The van der Waals surface area contributed by atoms with Crippen molar-refractivity contribution >= 4 is 17.2 Å². The average molecular weight is 290 g/mol. The predicted molar refractivity (Wildman–Crippen MR) is 78.5 cm³/mol. The van der Waals surface area contributed by atoms with Gasteiger partial charge in [-0.2, -0.15) is 0 Å². The summed E-state index contributed by atoms with van der Waals surface area (Å²) in [5, 5.41) is 8.34. The van der Waals surface area contributed by atoms with Crippen LogP contribution in [0.1, 0.15) is 29.6 Å². The molecule has 3 rings (SSSR count). The molecule has 0 spiro atoms. The number of imidazole rings is 1. The van der Waals surface area contributed by atoms with Gasteiger partial charge in [0.25, 0.3) is 0 Å². The summed E-state index contributed by atoms with van der Waals surface area (Å²) >= 11 is 1.67. The zero-order valence-electron chi connectivity index (χ0n) is 11.4. The molecular formula is C14H18N4OS. The maximum absolute atomic E-state index is 11.8. The number of amides is 1. The van der Waals surface area contributed by atoms with Crippen LogP contribution in [-0.2, 0) is 11.8 Å². The molecule has 1 amide bonds. The lowest BCUT2D eigenvalue weighted by Gasteiger charge is -2.17. The molecule has 0 aliphatic heterocycles. The van der Waals surface area contributed by atoms with Crippen LogP contribution in [0.15, 0.2) is 29.9 Å². The summed E-state index contributed by atoms with van der Waals surface area (Å²) in [7, 11) is 1.97. The van der Waals surface area contributed by atoms with E-state index < -0.39 is 0 Å². The Balaban J connectivity index is 1.69. The second-order valence-electron chi connectivity index (χ2n) is 5.07. The molecule has 1 unspecified atom stereocenters. The molecule has 0 bridgehead atoms. The van der Waals surface area contributed by atoms with E-state index in [-0.39, 0.29) is 11.9 Å². The number of nitrogens with one attached hydrogen (secondary N) is 2. The van der Waals surface area contributed by atoms with Crippen molar-refractivity contribution in [3.8, 4) is 0 Å². The smallest absolute Gasteiger partial charge is 0.234 e. The van der Waals surface area contributed by atoms with Gasteiger partial charge in [-0.15, -0.1) is 11.3 Å². The highest BCUT2D eigenvalue weighted by Crippen LogP contribution is 2.24. The molecule has 20 heavy (non-hydrogen) atoms. The van der Waals surface area contributed by atoms with E-state index in [2.05, 4.69) is 21.7 Å². The quantitative estimate of drug-likeness (QED) is 0.846. The van der Waals surface area contributed by atoms with E-state index in [1.54, 1.807) is 17.5 Å². The minimum absolute atomic E-state index is 0.0417. The summed E-state index contributed by atoms with van der Waals surface area (Å²) in [6, 6.07) is 4.44. The molecule has 1 aliphatic rings. The van der Waals surface area contributed by atoms with Crippen molar-refractivity contribution in [3.63, 3.8) is 0 Å². The Kier molecular flexibility index (Phi) is 3.84. The van der Waals surface area contributed by atoms with Crippen LogP contribution in [0.3, 0.4) is 0 Å². The van der Waals surface area contributed by atoms with Gasteiger partial charge in [0.05, 0.1) is 6.54 Å². The van der Waals surface area contributed by atoms with E-state index in [0.29, 0.717) is 12.6 Å². The monoisotopic (exact) mass is 290 g/mol. The van der Waals surface area contributed by atoms with Crippen molar-refractivity contribution in [1.29, 1.82) is 0 Å². The van der Waals surface area contributed by atoms with Gasteiger partial charge in [-0.3, -0.25) is 10.1 Å². The van der Waals surface area contributed by atoms with Crippen LogP contribution in [0.2, 0.25) is 0 Å². The second kappa shape index (κ2) is 5.76. The third-order valence-electron chi connectivity index (χ3n) is 3.35. The standard InChI is InChI=1S/C14H18N4OS/c1-18-7-6-15-14(18)13(11-3-2-8-20-11)16-9-12(19)17-10-4-5-10/h2-3,6-8,10,13,16H,4-5,9H2,1H3,(H,17,19). The van der Waals surface area contributed by atoms with Crippen molar-refractivity contribution in [2.45, 2.75) is 24.9 Å². The third-order valence-corrected chi connectivity index (χ3v) is 4.29. The third kappa shape index (κ3) is 3.08. The Morgan fingerprint density at radius 2 is 2.45 bits per heavy atom. The summed E-state index contributed by atoms with van der Waals surface area (Å²) in [5.74, 6) is 0.981. The first kappa shape index (κ1) is 13.3. The summed E-state index contributed by atoms with van der Waals surface area (Å²) < 4.78 is 1.98. The van der Waals surface area contributed by atoms with Crippen molar-refractivity contribution in [2.24, 2.45) is 7.05 Å². The van der Waals surface area contributed by atoms with Crippen LogP contribution in [-0.4, -0.2) is 28.0 Å². The van der Waals surface area contributed by atoms with Gasteiger partial charge < -0.3 is 9.88 Å². The van der Waals surface area contributed by atoms with E-state index in [1.165, 1.54) is 4.88 Å². The molecule has 106 valence electrons. The highest BCUT2D eigenvalue weighted by Gasteiger charge is 2.24. The maximum atomic E-state index is 11.8. The molecule has 1 aliphatic carbocycles. The topological polar surface area (TPSA) is 59.0 Å². The van der Waals surface area contributed by atoms with Crippen LogP contribution >= 0.6 is 11.3 Å². The van der Waals surface area contributed by atoms with Gasteiger partial charge in [0.15, 0.2) is 0 Å². The van der Waals surface area contributed by atoms with Crippen LogP contribution in [0.4, 0.5) is 0 Å². The fraction of sp³-hybridized carbons (Fsp3) is 0.429. The van der Waals surface area contributed by atoms with Crippen LogP contribution in [0.5, 0.6) is 0 Å². The molecule has 2 aromatic heterocycles. The van der Waals surface area contributed by atoms with Gasteiger partial charge in [0.2, 0.25) is 5.91 Å². The average Bonchev–Trinajstić information content (AvgIpc) is 2.91. The number of nitrogens with zero attached hydrogens (tertiary/aromatic N) is 2. The van der Waals surface area contributed by atoms with Gasteiger partial charge in [0, 0.05) is 30.4 Å². The number of carbonyl (C=O) groups is 1. The normalized spacial score (nSPS) is 16.1. The van der Waals surface area contributed by atoms with E-state index >= 15 is 0 Å². The minimum atomic E-state index is -0.0417.